The SMILES string of the molecule is Cc1cc(-c2cccc(COC(=O)N(CC(C)C)C(C)(C)C)c2)no1. The Morgan fingerprint density at radius 1 is 1.28 bits per heavy atom. The van der Waals surface area contributed by atoms with E-state index in [-0.39, 0.29) is 18.2 Å². The molecule has 0 aliphatic rings. The van der Waals surface area contributed by atoms with E-state index in [4.69, 9.17) is 9.26 Å². The zero-order valence-electron chi connectivity index (χ0n) is 16.0. The van der Waals surface area contributed by atoms with Crippen LogP contribution in [0.15, 0.2) is 34.9 Å². The first-order valence-electron chi connectivity index (χ1n) is 8.64. The molecule has 1 aromatic carbocycles. The molecule has 5 heteroatoms. The van der Waals surface area contributed by atoms with Crippen LogP contribution in [0.1, 0.15) is 45.9 Å². The number of hydrogen-bond acceptors (Lipinski definition) is 4. The molecule has 0 aliphatic carbocycles. The van der Waals surface area contributed by atoms with E-state index in [1.165, 1.54) is 0 Å². The Morgan fingerprint density at radius 3 is 2.56 bits per heavy atom. The topological polar surface area (TPSA) is 55.6 Å². The van der Waals surface area contributed by atoms with Crippen molar-refractivity contribution in [2.75, 3.05) is 6.54 Å². The molecule has 0 unspecified atom stereocenters. The minimum absolute atomic E-state index is 0.230. The minimum Gasteiger partial charge on any atom is -0.445 e. The molecule has 25 heavy (non-hydrogen) atoms. The van der Waals surface area contributed by atoms with Crippen LogP contribution in [-0.4, -0.2) is 28.2 Å². The summed E-state index contributed by atoms with van der Waals surface area (Å²) in [5, 5.41) is 4.02. The molecular formula is C20H28N2O3. The Labute approximate surface area is 150 Å². The van der Waals surface area contributed by atoms with E-state index in [2.05, 4.69) is 19.0 Å². The van der Waals surface area contributed by atoms with Gasteiger partial charge in [-0.15, -0.1) is 0 Å². The molecular weight excluding hydrogens is 316 g/mol. The highest BCUT2D eigenvalue weighted by molar-refractivity contribution is 5.68. The summed E-state index contributed by atoms with van der Waals surface area (Å²) in [5.74, 6) is 1.15. The first kappa shape index (κ1) is 19.0. The standard InChI is InChI=1S/C20H28N2O3/c1-14(2)12-22(20(4,5)6)19(23)24-13-16-8-7-9-17(11-16)18-10-15(3)25-21-18/h7-11,14H,12-13H2,1-6H3. The second kappa shape index (κ2) is 7.72. The first-order chi connectivity index (χ1) is 11.7. The molecule has 5 nitrogen and oxygen atoms in total. The molecule has 1 amide bonds. The van der Waals surface area contributed by atoms with Crippen molar-refractivity contribution in [3.05, 3.63) is 41.7 Å². The number of benzene rings is 1. The molecule has 0 N–H and O–H groups in total. The van der Waals surface area contributed by atoms with E-state index in [9.17, 15) is 4.79 Å². The van der Waals surface area contributed by atoms with Gasteiger partial charge in [-0.05, 0) is 45.2 Å². The second-order valence-corrected chi connectivity index (χ2v) is 7.75. The third-order valence-electron chi connectivity index (χ3n) is 3.79. The number of aromatic nitrogens is 1. The van der Waals surface area contributed by atoms with Crippen molar-refractivity contribution in [3.63, 3.8) is 0 Å². The molecule has 0 spiro atoms. The fraction of sp³-hybridized carbons (Fsp3) is 0.500. The fourth-order valence-corrected chi connectivity index (χ4v) is 2.53. The fourth-order valence-electron chi connectivity index (χ4n) is 2.53. The molecule has 0 bridgehead atoms. The average molecular weight is 344 g/mol. The van der Waals surface area contributed by atoms with Gasteiger partial charge in [0.1, 0.15) is 18.1 Å². The van der Waals surface area contributed by atoms with Crippen molar-refractivity contribution in [2.45, 2.75) is 53.7 Å². The molecule has 0 saturated heterocycles. The third-order valence-corrected chi connectivity index (χ3v) is 3.79. The van der Waals surface area contributed by atoms with E-state index in [0.717, 1.165) is 22.6 Å². The molecule has 2 aromatic rings. The lowest BCUT2D eigenvalue weighted by Crippen LogP contribution is -2.47. The smallest absolute Gasteiger partial charge is 0.410 e. The monoisotopic (exact) mass is 344 g/mol. The number of ether oxygens (including phenoxy) is 1. The van der Waals surface area contributed by atoms with Crippen LogP contribution in [0.4, 0.5) is 4.79 Å². The summed E-state index contributed by atoms with van der Waals surface area (Å²) in [6.45, 7) is 13.0. The lowest BCUT2D eigenvalue weighted by atomic mass is 10.0. The van der Waals surface area contributed by atoms with Crippen molar-refractivity contribution >= 4 is 6.09 Å². The van der Waals surface area contributed by atoms with Crippen LogP contribution >= 0.6 is 0 Å². The minimum atomic E-state index is -0.288. The van der Waals surface area contributed by atoms with Gasteiger partial charge in [0, 0.05) is 23.7 Å². The number of amides is 1. The Morgan fingerprint density at radius 2 is 2.00 bits per heavy atom. The average Bonchev–Trinajstić information content (AvgIpc) is 2.96. The number of rotatable bonds is 5. The summed E-state index contributed by atoms with van der Waals surface area (Å²) in [7, 11) is 0. The van der Waals surface area contributed by atoms with E-state index in [0.29, 0.717) is 12.5 Å². The van der Waals surface area contributed by atoms with Crippen LogP contribution in [0.25, 0.3) is 11.3 Å². The highest BCUT2D eigenvalue weighted by Gasteiger charge is 2.28. The van der Waals surface area contributed by atoms with Gasteiger partial charge < -0.3 is 14.2 Å². The van der Waals surface area contributed by atoms with Crippen LogP contribution < -0.4 is 0 Å². The third kappa shape index (κ3) is 5.34. The van der Waals surface area contributed by atoms with Crippen LogP contribution in [0.3, 0.4) is 0 Å². The molecule has 2 rings (SSSR count). The lowest BCUT2D eigenvalue weighted by molar-refractivity contribution is 0.0569. The molecule has 0 fully saturated rings. The van der Waals surface area contributed by atoms with E-state index >= 15 is 0 Å². The van der Waals surface area contributed by atoms with Crippen molar-refractivity contribution in [2.24, 2.45) is 5.92 Å². The first-order valence-corrected chi connectivity index (χ1v) is 8.64. The van der Waals surface area contributed by atoms with Gasteiger partial charge in [0.25, 0.3) is 0 Å². The summed E-state index contributed by atoms with van der Waals surface area (Å²) in [5.41, 5.74) is 2.37. The Balaban J connectivity index is 2.06. The van der Waals surface area contributed by atoms with Gasteiger partial charge in [-0.2, -0.15) is 0 Å². The zero-order valence-corrected chi connectivity index (χ0v) is 16.0. The highest BCUT2D eigenvalue weighted by atomic mass is 16.6. The normalized spacial score (nSPS) is 11.6. The van der Waals surface area contributed by atoms with Gasteiger partial charge >= 0.3 is 6.09 Å². The maximum absolute atomic E-state index is 12.5. The number of carbonyl (C=O) groups excluding carboxylic acids is 1. The summed E-state index contributed by atoms with van der Waals surface area (Å²) in [6.07, 6.45) is -0.288. The number of hydrogen-bond donors (Lipinski definition) is 0. The largest absolute Gasteiger partial charge is 0.445 e. The molecule has 136 valence electrons. The van der Waals surface area contributed by atoms with Crippen LogP contribution in [0.5, 0.6) is 0 Å². The Hall–Kier alpha value is -2.30. The quantitative estimate of drug-likeness (QED) is 0.762. The van der Waals surface area contributed by atoms with Crippen molar-refractivity contribution < 1.29 is 14.1 Å². The number of nitrogens with zero attached hydrogens (tertiary/aromatic N) is 2. The van der Waals surface area contributed by atoms with Crippen LogP contribution in [0, 0.1) is 12.8 Å². The number of carbonyl (C=O) groups is 1. The predicted molar refractivity (Wildman–Crippen MR) is 98.2 cm³/mol. The maximum Gasteiger partial charge on any atom is 0.410 e. The second-order valence-electron chi connectivity index (χ2n) is 7.75. The lowest BCUT2D eigenvalue weighted by Gasteiger charge is -2.36. The molecule has 0 radical (unpaired) electrons. The zero-order chi connectivity index (χ0) is 18.6. The van der Waals surface area contributed by atoms with E-state index < -0.39 is 0 Å². The maximum atomic E-state index is 12.5. The molecule has 0 saturated carbocycles. The summed E-state index contributed by atoms with van der Waals surface area (Å²) >= 11 is 0. The Kier molecular flexibility index (Phi) is 5.88. The van der Waals surface area contributed by atoms with Gasteiger partial charge in [0.05, 0.1) is 0 Å². The van der Waals surface area contributed by atoms with Crippen LogP contribution in [0.2, 0.25) is 0 Å². The van der Waals surface area contributed by atoms with Gasteiger partial charge in [-0.3, -0.25) is 0 Å². The molecule has 1 aromatic heterocycles. The highest BCUT2D eigenvalue weighted by Crippen LogP contribution is 2.21. The van der Waals surface area contributed by atoms with E-state index in [1.807, 2.05) is 58.0 Å². The number of aryl methyl sites for hydroxylation is 1. The van der Waals surface area contributed by atoms with Crippen molar-refractivity contribution in [3.8, 4) is 11.3 Å². The van der Waals surface area contributed by atoms with Gasteiger partial charge in [-0.1, -0.05) is 37.2 Å². The van der Waals surface area contributed by atoms with Crippen molar-refractivity contribution in [1.29, 1.82) is 0 Å². The van der Waals surface area contributed by atoms with Crippen molar-refractivity contribution in [1.82, 2.24) is 10.1 Å². The predicted octanol–water partition coefficient (Wildman–Crippen LogP) is 5.04. The van der Waals surface area contributed by atoms with Gasteiger partial charge in [0.15, 0.2) is 0 Å². The van der Waals surface area contributed by atoms with E-state index in [1.54, 1.807) is 4.90 Å². The van der Waals surface area contributed by atoms with Gasteiger partial charge in [-0.25, -0.2) is 4.79 Å². The van der Waals surface area contributed by atoms with Gasteiger partial charge in [0.2, 0.25) is 0 Å². The molecule has 0 atom stereocenters. The summed E-state index contributed by atoms with van der Waals surface area (Å²) < 4.78 is 10.7. The summed E-state index contributed by atoms with van der Waals surface area (Å²) in [4.78, 5) is 14.3. The summed E-state index contributed by atoms with van der Waals surface area (Å²) in [6, 6.07) is 9.68. The molecule has 1 heterocycles. The van der Waals surface area contributed by atoms with Crippen LogP contribution in [-0.2, 0) is 11.3 Å². The molecule has 0 aliphatic heterocycles. The Bertz CT molecular complexity index is 714.